The van der Waals surface area contributed by atoms with Gasteiger partial charge in [0, 0.05) is 13.0 Å². The van der Waals surface area contributed by atoms with Crippen LogP contribution in [0, 0.1) is 0 Å². The first-order valence-electron chi connectivity index (χ1n) is 5.77. The highest BCUT2D eigenvalue weighted by Gasteiger charge is 1.99. The van der Waals surface area contributed by atoms with Gasteiger partial charge in [-0.3, -0.25) is 4.79 Å². The highest BCUT2D eigenvalue weighted by atomic mass is 35.5. The van der Waals surface area contributed by atoms with Gasteiger partial charge in [0.2, 0.25) is 5.91 Å². The molecule has 1 amide bonds. The van der Waals surface area contributed by atoms with Crippen molar-refractivity contribution in [2.75, 3.05) is 25.1 Å². The van der Waals surface area contributed by atoms with Crippen molar-refractivity contribution in [1.29, 1.82) is 0 Å². The molecular formula is C11H25ClN2OS. The van der Waals surface area contributed by atoms with E-state index in [0.717, 1.165) is 50.9 Å². The molecule has 0 unspecified atom stereocenters. The minimum absolute atomic E-state index is 0. The van der Waals surface area contributed by atoms with E-state index in [2.05, 4.69) is 11.6 Å². The fourth-order valence-corrected chi connectivity index (χ4v) is 1.75. The third-order valence-electron chi connectivity index (χ3n) is 2.21. The Kier molecular flexibility index (Phi) is 17.4. The van der Waals surface area contributed by atoms with Crippen molar-refractivity contribution in [3.8, 4) is 0 Å². The van der Waals surface area contributed by atoms with E-state index in [4.69, 9.17) is 5.73 Å². The molecule has 0 fully saturated rings. The third kappa shape index (κ3) is 14.1. The Labute approximate surface area is 110 Å². The highest BCUT2D eigenvalue weighted by molar-refractivity contribution is 7.98. The lowest BCUT2D eigenvalue weighted by Crippen LogP contribution is -2.24. The number of thioether (sulfide) groups is 1. The molecule has 0 atom stereocenters. The molecule has 5 heteroatoms. The Morgan fingerprint density at radius 3 is 2.50 bits per heavy atom. The molecule has 0 saturated heterocycles. The Hall–Kier alpha value is 0.0700. The standard InChI is InChI=1S/C11H24N2OS.ClH/c1-15-10-6-9-13-11(14)7-4-2-3-5-8-12;/h2-10,12H2,1H3,(H,13,14);1H. The predicted molar refractivity (Wildman–Crippen MR) is 75.4 cm³/mol. The van der Waals surface area contributed by atoms with E-state index in [1.807, 2.05) is 11.8 Å². The van der Waals surface area contributed by atoms with Crippen LogP contribution in [-0.4, -0.2) is 31.0 Å². The molecule has 16 heavy (non-hydrogen) atoms. The predicted octanol–water partition coefficient (Wildman–Crippen LogP) is 2.19. The van der Waals surface area contributed by atoms with E-state index in [9.17, 15) is 4.79 Å². The van der Waals surface area contributed by atoms with E-state index >= 15 is 0 Å². The van der Waals surface area contributed by atoms with E-state index in [1.54, 1.807) is 0 Å². The van der Waals surface area contributed by atoms with Gasteiger partial charge < -0.3 is 11.1 Å². The SMILES string of the molecule is CSCCCNC(=O)CCCCCCN.Cl. The Bertz CT molecular complexity index is 159. The van der Waals surface area contributed by atoms with Crippen LogP contribution in [-0.2, 0) is 4.79 Å². The number of rotatable bonds is 10. The molecule has 0 aromatic heterocycles. The monoisotopic (exact) mass is 268 g/mol. The van der Waals surface area contributed by atoms with Crippen LogP contribution in [0.2, 0.25) is 0 Å². The van der Waals surface area contributed by atoms with Crippen molar-refractivity contribution < 1.29 is 4.79 Å². The second kappa shape index (κ2) is 15.1. The molecular weight excluding hydrogens is 244 g/mol. The fraction of sp³-hybridized carbons (Fsp3) is 0.909. The number of amides is 1. The summed E-state index contributed by atoms with van der Waals surface area (Å²) in [6.45, 7) is 1.59. The molecule has 0 rings (SSSR count). The Morgan fingerprint density at radius 2 is 1.88 bits per heavy atom. The van der Waals surface area contributed by atoms with Crippen molar-refractivity contribution in [2.24, 2.45) is 5.73 Å². The van der Waals surface area contributed by atoms with Gasteiger partial charge >= 0.3 is 0 Å². The summed E-state index contributed by atoms with van der Waals surface area (Å²) in [4.78, 5) is 11.3. The van der Waals surface area contributed by atoms with Gasteiger partial charge in [0.1, 0.15) is 0 Å². The highest BCUT2D eigenvalue weighted by Crippen LogP contribution is 2.02. The number of carbonyl (C=O) groups is 1. The average molecular weight is 269 g/mol. The fourth-order valence-electron chi connectivity index (χ4n) is 1.32. The maximum absolute atomic E-state index is 11.3. The molecule has 0 heterocycles. The second-order valence-electron chi connectivity index (χ2n) is 3.65. The van der Waals surface area contributed by atoms with Gasteiger partial charge in [0.05, 0.1) is 0 Å². The first kappa shape index (κ1) is 18.4. The van der Waals surface area contributed by atoms with Crippen molar-refractivity contribution in [3.05, 3.63) is 0 Å². The molecule has 98 valence electrons. The van der Waals surface area contributed by atoms with Crippen LogP contribution in [0.5, 0.6) is 0 Å². The smallest absolute Gasteiger partial charge is 0.219 e. The first-order valence-corrected chi connectivity index (χ1v) is 7.16. The van der Waals surface area contributed by atoms with E-state index in [-0.39, 0.29) is 18.3 Å². The maximum Gasteiger partial charge on any atom is 0.219 e. The minimum Gasteiger partial charge on any atom is -0.356 e. The first-order chi connectivity index (χ1) is 7.31. The summed E-state index contributed by atoms with van der Waals surface area (Å²) < 4.78 is 0. The molecule has 3 N–H and O–H groups in total. The van der Waals surface area contributed by atoms with Gasteiger partial charge in [-0.2, -0.15) is 11.8 Å². The molecule has 3 nitrogen and oxygen atoms in total. The summed E-state index contributed by atoms with van der Waals surface area (Å²) in [5.41, 5.74) is 5.38. The second-order valence-corrected chi connectivity index (χ2v) is 4.63. The number of halogens is 1. The van der Waals surface area contributed by atoms with E-state index in [1.165, 1.54) is 0 Å². The molecule has 0 radical (unpaired) electrons. The van der Waals surface area contributed by atoms with Gasteiger partial charge in [-0.1, -0.05) is 12.8 Å². The zero-order valence-electron chi connectivity index (χ0n) is 10.2. The lowest BCUT2D eigenvalue weighted by molar-refractivity contribution is -0.121. The number of hydrogen-bond donors (Lipinski definition) is 2. The molecule has 0 aliphatic rings. The number of hydrogen-bond acceptors (Lipinski definition) is 3. The lowest BCUT2D eigenvalue weighted by atomic mass is 10.1. The van der Waals surface area contributed by atoms with Crippen LogP contribution in [0.25, 0.3) is 0 Å². The molecule has 0 aliphatic carbocycles. The molecule has 0 aliphatic heterocycles. The number of unbranched alkanes of at least 4 members (excludes halogenated alkanes) is 3. The van der Waals surface area contributed by atoms with Gasteiger partial charge in [0.25, 0.3) is 0 Å². The number of nitrogens with two attached hydrogens (primary N) is 1. The number of nitrogens with one attached hydrogen (secondary N) is 1. The summed E-state index contributed by atoms with van der Waals surface area (Å²) >= 11 is 1.82. The van der Waals surface area contributed by atoms with Gasteiger partial charge in [-0.25, -0.2) is 0 Å². The minimum atomic E-state index is 0. The van der Waals surface area contributed by atoms with Crippen molar-refractivity contribution in [3.63, 3.8) is 0 Å². The van der Waals surface area contributed by atoms with Crippen molar-refractivity contribution in [2.45, 2.75) is 38.5 Å². The van der Waals surface area contributed by atoms with Crippen LogP contribution in [0.1, 0.15) is 38.5 Å². The van der Waals surface area contributed by atoms with E-state index in [0.29, 0.717) is 6.42 Å². The molecule has 0 saturated carbocycles. The largest absolute Gasteiger partial charge is 0.356 e. The van der Waals surface area contributed by atoms with E-state index < -0.39 is 0 Å². The summed E-state index contributed by atoms with van der Waals surface area (Å²) in [5.74, 6) is 1.32. The van der Waals surface area contributed by atoms with Gasteiger partial charge in [-0.05, 0) is 37.8 Å². The third-order valence-corrected chi connectivity index (χ3v) is 2.90. The number of carbonyl (C=O) groups excluding carboxylic acids is 1. The van der Waals surface area contributed by atoms with Crippen LogP contribution in [0.4, 0.5) is 0 Å². The lowest BCUT2D eigenvalue weighted by Gasteiger charge is -2.04. The zero-order chi connectivity index (χ0) is 11.4. The summed E-state index contributed by atoms with van der Waals surface area (Å²) in [6, 6.07) is 0. The van der Waals surface area contributed by atoms with Crippen LogP contribution in [0.15, 0.2) is 0 Å². The Balaban J connectivity index is 0. The average Bonchev–Trinajstić information content (AvgIpc) is 2.24. The van der Waals surface area contributed by atoms with Crippen LogP contribution in [0.3, 0.4) is 0 Å². The van der Waals surface area contributed by atoms with Crippen LogP contribution < -0.4 is 11.1 Å². The molecule has 0 spiro atoms. The maximum atomic E-state index is 11.3. The Morgan fingerprint density at radius 1 is 1.19 bits per heavy atom. The van der Waals surface area contributed by atoms with Gasteiger partial charge in [-0.15, -0.1) is 12.4 Å². The normalized spacial score (nSPS) is 9.62. The summed E-state index contributed by atoms with van der Waals surface area (Å²) in [7, 11) is 0. The molecule has 0 bridgehead atoms. The zero-order valence-corrected chi connectivity index (χ0v) is 11.8. The summed E-state index contributed by atoms with van der Waals surface area (Å²) in [6.07, 6.45) is 8.17. The molecule has 0 aromatic rings. The molecule has 0 aromatic carbocycles. The van der Waals surface area contributed by atoms with Crippen molar-refractivity contribution in [1.82, 2.24) is 5.32 Å². The topological polar surface area (TPSA) is 55.1 Å². The van der Waals surface area contributed by atoms with Crippen LogP contribution >= 0.6 is 24.2 Å². The van der Waals surface area contributed by atoms with Crippen molar-refractivity contribution >= 4 is 30.1 Å². The van der Waals surface area contributed by atoms with Gasteiger partial charge in [0.15, 0.2) is 0 Å². The summed E-state index contributed by atoms with van der Waals surface area (Å²) in [5, 5.41) is 2.93. The quantitative estimate of drug-likeness (QED) is 0.597.